The molecule has 1 atom stereocenters. The Morgan fingerprint density at radius 3 is 2.42 bits per heavy atom. The summed E-state index contributed by atoms with van der Waals surface area (Å²) in [7, 11) is -9.08. The van der Waals surface area contributed by atoms with E-state index in [1.807, 2.05) is 0 Å². The predicted octanol–water partition coefficient (Wildman–Crippen LogP) is 4.38. The first kappa shape index (κ1) is 23.5. The van der Waals surface area contributed by atoms with Gasteiger partial charge in [0.2, 0.25) is 0 Å². The molecule has 1 rings (SSSR count). The monoisotopic (exact) mass is 436 g/mol. The molecule has 0 fully saturated rings. The third-order valence-electron chi connectivity index (χ3n) is 2.90. The lowest BCUT2D eigenvalue weighted by atomic mass is 10.2. The van der Waals surface area contributed by atoms with Gasteiger partial charge >= 0.3 is 13.1 Å². The van der Waals surface area contributed by atoms with E-state index < -0.39 is 51.1 Å². The van der Waals surface area contributed by atoms with Crippen molar-refractivity contribution in [2.45, 2.75) is 42.5 Å². The van der Waals surface area contributed by atoms with Crippen LogP contribution in [0.4, 0.5) is 13.2 Å². The third-order valence-corrected chi connectivity index (χ3v) is 6.41. The maximum atomic E-state index is 12.7. The number of halogens is 3. The van der Waals surface area contributed by atoms with Gasteiger partial charge < -0.3 is 9.42 Å². The molecule has 0 radical (unpaired) electrons. The van der Waals surface area contributed by atoms with Gasteiger partial charge in [0.25, 0.3) is 10.1 Å². The normalized spacial score (nSPS) is 15.2. The fourth-order valence-corrected chi connectivity index (χ4v) is 5.54. The molecule has 0 aromatic heterocycles. The van der Waals surface area contributed by atoms with E-state index in [4.69, 9.17) is 4.52 Å². The molecule has 1 N–H and O–H groups in total. The van der Waals surface area contributed by atoms with E-state index in [0.717, 1.165) is 6.07 Å². The summed E-state index contributed by atoms with van der Waals surface area (Å²) in [6.45, 7) is 4.91. The first-order valence-electron chi connectivity index (χ1n) is 7.51. The summed E-state index contributed by atoms with van der Waals surface area (Å²) in [6.07, 6.45) is -1.05. The van der Waals surface area contributed by atoms with Crippen molar-refractivity contribution in [3.63, 3.8) is 0 Å². The predicted molar refractivity (Wildman–Crippen MR) is 91.5 cm³/mol. The zero-order valence-electron chi connectivity index (χ0n) is 14.3. The van der Waals surface area contributed by atoms with E-state index >= 15 is 0 Å². The molecule has 0 bridgehead atoms. The van der Waals surface area contributed by atoms with Gasteiger partial charge in [-0.05, 0) is 35.7 Å². The van der Waals surface area contributed by atoms with Crippen LogP contribution in [0.15, 0.2) is 28.0 Å². The van der Waals surface area contributed by atoms with Crippen LogP contribution < -0.4 is 0 Å². The van der Waals surface area contributed by atoms with Crippen molar-refractivity contribution in [2.75, 3.05) is 13.0 Å². The molecule has 1 aromatic rings. The Labute approximate surface area is 154 Å². The van der Waals surface area contributed by atoms with Crippen molar-refractivity contribution >= 4 is 29.5 Å². The number of benzene rings is 1. The largest absolute Gasteiger partial charge is 0.446 e. The molecule has 0 aliphatic rings. The van der Waals surface area contributed by atoms with Crippen LogP contribution in [-0.4, -0.2) is 31.8 Å². The van der Waals surface area contributed by atoms with Crippen LogP contribution in [-0.2, 0) is 29.8 Å². The van der Waals surface area contributed by atoms with Gasteiger partial charge in [0.1, 0.15) is 4.90 Å². The van der Waals surface area contributed by atoms with Gasteiger partial charge in [-0.2, -0.15) is 21.6 Å². The van der Waals surface area contributed by atoms with Gasteiger partial charge in [-0.1, -0.05) is 32.9 Å². The molecule has 6 nitrogen and oxygen atoms in total. The van der Waals surface area contributed by atoms with Crippen molar-refractivity contribution < 1.29 is 39.8 Å². The Kier molecular flexibility index (Phi) is 8.19. The number of hydrogen-bond acceptors (Lipinski definition) is 6. The van der Waals surface area contributed by atoms with Gasteiger partial charge in [-0.3, -0.25) is 8.75 Å². The highest BCUT2D eigenvalue weighted by atomic mass is 32.2. The minimum Gasteiger partial charge on any atom is -0.323 e. The Bertz CT molecular complexity index is 764. The van der Waals surface area contributed by atoms with E-state index in [0.29, 0.717) is 0 Å². The molecular formula is C14H20F3O6PS2. The molecule has 26 heavy (non-hydrogen) atoms. The van der Waals surface area contributed by atoms with Crippen molar-refractivity contribution in [1.82, 2.24) is 0 Å². The van der Waals surface area contributed by atoms with Crippen molar-refractivity contribution in [1.29, 1.82) is 0 Å². The van der Waals surface area contributed by atoms with Gasteiger partial charge in [-0.15, -0.1) is 0 Å². The van der Waals surface area contributed by atoms with Crippen molar-refractivity contribution in [3.8, 4) is 0 Å². The highest BCUT2D eigenvalue weighted by Crippen LogP contribution is 2.45. The molecule has 0 saturated carbocycles. The fourth-order valence-electron chi connectivity index (χ4n) is 1.83. The summed E-state index contributed by atoms with van der Waals surface area (Å²) in [6, 6.07) is 3.65. The SMILES string of the molecule is CCc1cccc(SC(F)(F)F)c1S(=O)(=O)OCP(=O)(O)OCC(C)C. The maximum absolute atomic E-state index is 12.7. The minimum absolute atomic E-state index is 0.0808. The van der Waals surface area contributed by atoms with E-state index in [2.05, 4.69) is 4.18 Å². The molecular weight excluding hydrogens is 416 g/mol. The molecule has 0 aliphatic heterocycles. The van der Waals surface area contributed by atoms with E-state index in [-0.39, 0.29) is 24.5 Å². The van der Waals surface area contributed by atoms with E-state index in [9.17, 15) is 31.0 Å². The molecule has 0 spiro atoms. The lowest BCUT2D eigenvalue weighted by Gasteiger charge is -2.17. The van der Waals surface area contributed by atoms with Crippen LogP contribution in [0.3, 0.4) is 0 Å². The second-order valence-electron chi connectivity index (χ2n) is 5.67. The molecule has 0 amide bonds. The summed E-state index contributed by atoms with van der Waals surface area (Å²) in [5, 5.41) is 0. The van der Waals surface area contributed by atoms with Crippen LogP contribution in [0.5, 0.6) is 0 Å². The lowest BCUT2D eigenvalue weighted by Crippen LogP contribution is -2.14. The van der Waals surface area contributed by atoms with Crippen molar-refractivity contribution in [3.05, 3.63) is 23.8 Å². The summed E-state index contributed by atoms with van der Waals surface area (Å²) in [5.74, 6) is -0.0808. The van der Waals surface area contributed by atoms with Crippen LogP contribution in [0.2, 0.25) is 0 Å². The fraction of sp³-hybridized carbons (Fsp3) is 0.571. The maximum Gasteiger partial charge on any atom is 0.446 e. The quantitative estimate of drug-likeness (QED) is 0.349. The Morgan fingerprint density at radius 1 is 1.31 bits per heavy atom. The highest BCUT2D eigenvalue weighted by Gasteiger charge is 2.35. The lowest BCUT2D eigenvalue weighted by molar-refractivity contribution is -0.0329. The van der Waals surface area contributed by atoms with Gasteiger partial charge in [0.05, 0.1) is 6.61 Å². The zero-order chi connectivity index (χ0) is 20.2. The Hall–Kier alpha value is -0.580. The summed E-state index contributed by atoms with van der Waals surface area (Å²) in [5.41, 5.74) is -4.60. The van der Waals surface area contributed by atoms with Crippen LogP contribution in [0.1, 0.15) is 26.3 Å². The molecule has 12 heteroatoms. The molecule has 150 valence electrons. The Morgan fingerprint density at radius 2 is 1.92 bits per heavy atom. The van der Waals surface area contributed by atoms with Crippen LogP contribution in [0, 0.1) is 5.92 Å². The molecule has 0 heterocycles. The summed E-state index contributed by atoms with van der Waals surface area (Å²) >= 11 is -0.591. The topological polar surface area (TPSA) is 89.9 Å². The van der Waals surface area contributed by atoms with Gasteiger partial charge in [0.15, 0.2) is 6.35 Å². The van der Waals surface area contributed by atoms with Gasteiger partial charge in [-0.25, -0.2) is 0 Å². The molecule has 1 aromatic carbocycles. The highest BCUT2D eigenvalue weighted by molar-refractivity contribution is 8.00. The average Bonchev–Trinajstić information content (AvgIpc) is 2.49. The first-order valence-corrected chi connectivity index (χ1v) is 11.5. The minimum atomic E-state index is -4.71. The number of thioether (sulfide) groups is 1. The standard InChI is InChI=1S/C14H20F3O6PS2/c1-4-11-6-5-7-12(25-14(15,16)17)13(11)26(20,21)23-9-24(18,19)22-8-10(2)3/h5-7,10H,4,8-9H2,1-3H3,(H,18,19). The molecule has 0 aliphatic carbocycles. The molecule has 1 unspecified atom stereocenters. The second-order valence-corrected chi connectivity index (χ2v) is 10.1. The summed E-state index contributed by atoms with van der Waals surface area (Å²) in [4.78, 5) is 8.39. The number of hydrogen-bond donors (Lipinski definition) is 1. The first-order chi connectivity index (χ1) is 11.8. The van der Waals surface area contributed by atoms with E-state index in [1.165, 1.54) is 12.1 Å². The third kappa shape index (κ3) is 7.58. The van der Waals surface area contributed by atoms with Crippen molar-refractivity contribution in [2.24, 2.45) is 5.92 Å². The number of rotatable bonds is 9. The smallest absolute Gasteiger partial charge is 0.323 e. The Balaban J connectivity index is 3.13. The summed E-state index contributed by atoms with van der Waals surface area (Å²) < 4.78 is 84.1. The molecule has 0 saturated heterocycles. The second kappa shape index (κ2) is 9.07. The van der Waals surface area contributed by atoms with Gasteiger partial charge in [0, 0.05) is 4.90 Å². The van der Waals surface area contributed by atoms with Crippen LogP contribution in [0.25, 0.3) is 0 Å². The number of alkyl halides is 3. The average molecular weight is 436 g/mol. The van der Waals surface area contributed by atoms with E-state index in [1.54, 1.807) is 20.8 Å². The van der Waals surface area contributed by atoms with Crippen LogP contribution >= 0.6 is 19.4 Å². The number of aryl methyl sites for hydroxylation is 1. The zero-order valence-corrected chi connectivity index (χ0v) is 16.8.